The molecular weight excluding hydrogens is 346 g/mol. The molecule has 0 aliphatic heterocycles. The van der Waals surface area contributed by atoms with Crippen LogP contribution in [0.1, 0.15) is 0 Å². The molecular formula is C19H13N5O3. The minimum absolute atomic E-state index is 0.0457. The Morgan fingerprint density at radius 3 is 2.56 bits per heavy atom. The lowest BCUT2D eigenvalue weighted by atomic mass is 10.2. The van der Waals surface area contributed by atoms with Crippen molar-refractivity contribution in [2.45, 2.75) is 0 Å². The van der Waals surface area contributed by atoms with Crippen molar-refractivity contribution in [2.75, 3.05) is 5.32 Å². The maximum Gasteiger partial charge on any atom is 0.373 e. The second kappa shape index (κ2) is 7.04. The number of rotatable bonds is 5. The number of benzene rings is 2. The summed E-state index contributed by atoms with van der Waals surface area (Å²) in [7, 11) is 0. The van der Waals surface area contributed by atoms with Gasteiger partial charge in [0.2, 0.25) is 5.82 Å². The molecule has 0 atom stereocenters. The van der Waals surface area contributed by atoms with Crippen molar-refractivity contribution in [3.05, 3.63) is 83.3 Å². The quantitative estimate of drug-likeness (QED) is 0.414. The van der Waals surface area contributed by atoms with E-state index in [1.54, 1.807) is 36.5 Å². The van der Waals surface area contributed by atoms with Crippen molar-refractivity contribution in [1.29, 1.82) is 0 Å². The molecule has 0 amide bonds. The van der Waals surface area contributed by atoms with Crippen LogP contribution in [0.15, 0.2) is 73.2 Å². The topological polar surface area (TPSA) is 103 Å². The first-order valence-corrected chi connectivity index (χ1v) is 8.05. The van der Waals surface area contributed by atoms with Crippen LogP contribution >= 0.6 is 0 Å². The number of hydrogen-bond acceptors (Lipinski definition) is 7. The van der Waals surface area contributed by atoms with Crippen LogP contribution in [0.2, 0.25) is 0 Å². The van der Waals surface area contributed by atoms with Gasteiger partial charge < -0.3 is 10.1 Å². The lowest BCUT2D eigenvalue weighted by molar-refractivity contribution is -0.385. The fraction of sp³-hybridized carbons (Fsp3) is 0. The Bertz CT molecular complexity index is 1110. The summed E-state index contributed by atoms with van der Waals surface area (Å²) in [6, 6.07) is 18.1. The SMILES string of the molecule is O=[N+]([O-])c1c(Nc2ccccc2)ncnc1Oc1cccc2cccnc12. The van der Waals surface area contributed by atoms with Gasteiger partial charge in [-0.25, -0.2) is 4.98 Å². The second-order valence-electron chi connectivity index (χ2n) is 5.56. The summed E-state index contributed by atoms with van der Waals surface area (Å²) in [5.74, 6) is 0.261. The van der Waals surface area contributed by atoms with Gasteiger partial charge >= 0.3 is 11.6 Å². The smallest absolute Gasteiger partial charge is 0.373 e. The lowest BCUT2D eigenvalue weighted by Gasteiger charge is -2.10. The average molecular weight is 359 g/mol. The normalized spacial score (nSPS) is 10.5. The zero-order chi connectivity index (χ0) is 18.6. The predicted octanol–water partition coefficient (Wildman–Crippen LogP) is 4.47. The van der Waals surface area contributed by atoms with E-state index in [0.717, 1.165) is 5.39 Å². The Hall–Kier alpha value is -4.07. The van der Waals surface area contributed by atoms with Crippen LogP contribution < -0.4 is 10.1 Å². The summed E-state index contributed by atoms with van der Waals surface area (Å²) < 4.78 is 5.77. The molecule has 0 spiro atoms. The molecule has 0 bridgehead atoms. The Labute approximate surface area is 153 Å². The molecule has 0 saturated carbocycles. The molecule has 0 fully saturated rings. The number of nitro groups is 1. The van der Waals surface area contributed by atoms with Gasteiger partial charge in [0.25, 0.3) is 0 Å². The van der Waals surface area contributed by atoms with E-state index in [1.165, 1.54) is 6.33 Å². The van der Waals surface area contributed by atoms with Crippen molar-refractivity contribution in [3.8, 4) is 11.6 Å². The minimum atomic E-state index is -0.570. The van der Waals surface area contributed by atoms with Crippen molar-refractivity contribution in [3.63, 3.8) is 0 Å². The molecule has 0 radical (unpaired) electrons. The zero-order valence-corrected chi connectivity index (χ0v) is 13.9. The van der Waals surface area contributed by atoms with Gasteiger partial charge in [-0.05, 0) is 24.3 Å². The summed E-state index contributed by atoms with van der Waals surface area (Å²) in [5, 5.41) is 15.5. The van der Waals surface area contributed by atoms with E-state index < -0.39 is 4.92 Å². The van der Waals surface area contributed by atoms with Crippen LogP contribution in [0.25, 0.3) is 10.9 Å². The van der Waals surface area contributed by atoms with Gasteiger partial charge in [-0.2, -0.15) is 4.98 Å². The maximum atomic E-state index is 11.7. The summed E-state index contributed by atoms with van der Waals surface area (Å²) in [4.78, 5) is 23.4. The third-order valence-electron chi connectivity index (χ3n) is 3.81. The number of aromatic nitrogens is 3. The Morgan fingerprint density at radius 1 is 0.926 bits per heavy atom. The van der Waals surface area contributed by atoms with E-state index >= 15 is 0 Å². The van der Waals surface area contributed by atoms with Crippen molar-refractivity contribution >= 4 is 28.1 Å². The van der Waals surface area contributed by atoms with E-state index in [2.05, 4.69) is 20.3 Å². The largest absolute Gasteiger partial charge is 0.431 e. The number of fused-ring (bicyclic) bond motifs is 1. The van der Waals surface area contributed by atoms with Crippen LogP contribution in [-0.2, 0) is 0 Å². The Morgan fingerprint density at radius 2 is 1.74 bits per heavy atom. The van der Waals surface area contributed by atoms with Gasteiger partial charge in [-0.3, -0.25) is 15.1 Å². The van der Waals surface area contributed by atoms with Crippen LogP contribution in [0, 0.1) is 10.1 Å². The van der Waals surface area contributed by atoms with Gasteiger partial charge in [0.05, 0.1) is 4.92 Å². The van der Waals surface area contributed by atoms with Crippen LogP contribution in [-0.4, -0.2) is 19.9 Å². The number of nitrogens with zero attached hydrogens (tertiary/aromatic N) is 4. The van der Waals surface area contributed by atoms with Gasteiger partial charge in [0.15, 0.2) is 5.75 Å². The molecule has 132 valence electrons. The third kappa shape index (κ3) is 3.36. The minimum Gasteiger partial charge on any atom is -0.431 e. The van der Waals surface area contributed by atoms with Crippen LogP contribution in [0.3, 0.4) is 0 Å². The van der Waals surface area contributed by atoms with E-state index in [9.17, 15) is 10.1 Å². The molecule has 0 aliphatic rings. The first-order chi connectivity index (χ1) is 13.2. The summed E-state index contributed by atoms with van der Waals surface area (Å²) in [5.41, 5.74) is 0.900. The molecule has 8 nitrogen and oxygen atoms in total. The predicted molar refractivity (Wildman–Crippen MR) is 100 cm³/mol. The molecule has 4 rings (SSSR count). The molecule has 8 heteroatoms. The van der Waals surface area contributed by atoms with Gasteiger partial charge in [0, 0.05) is 17.3 Å². The molecule has 4 aromatic rings. The highest BCUT2D eigenvalue weighted by atomic mass is 16.6. The van der Waals surface area contributed by atoms with Crippen molar-refractivity contribution in [1.82, 2.24) is 15.0 Å². The molecule has 27 heavy (non-hydrogen) atoms. The highest BCUT2D eigenvalue weighted by Crippen LogP contribution is 2.37. The first-order valence-electron chi connectivity index (χ1n) is 8.05. The molecule has 2 aromatic carbocycles. The standard InChI is InChI=1S/C19H13N5O3/c25-24(26)17-18(23-14-8-2-1-3-9-14)21-12-22-19(17)27-15-10-4-6-13-7-5-11-20-16(13)15/h1-12H,(H,21,22,23). The number of hydrogen-bond donors (Lipinski definition) is 1. The van der Waals surface area contributed by atoms with Gasteiger partial charge in [0.1, 0.15) is 11.8 Å². The van der Waals surface area contributed by atoms with Crippen molar-refractivity contribution in [2.24, 2.45) is 0 Å². The summed E-state index contributed by atoms with van der Waals surface area (Å²) in [6.07, 6.45) is 2.85. The number of anilines is 2. The average Bonchev–Trinajstić information content (AvgIpc) is 2.69. The maximum absolute atomic E-state index is 11.7. The molecule has 2 heterocycles. The fourth-order valence-electron chi connectivity index (χ4n) is 2.61. The number of ether oxygens (including phenoxy) is 1. The highest BCUT2D eigenvalue weighted by molar-refractivity contribution is 5.84. The Balaban J connectivity index is 1.76. The summed E-state index contributed by atoms with van der Waals surface area (Å²) in [6.45, 7) is 0. The second-order valence-corrected chi connectivity index (χ2v) is 5.56. The number of para-hydroxylation sites is 2. The number of pyridine rings is 1. The zero-order valence-electron chi connectivity index (χ0n) is 13.9. The number of nitrogens with one attached hydrogen (secondary N) is 1. The molecule has 1 N–H and O–H groups in total. The van der Waals surface area contributed by atoms with E-state index in [0.29, 0.717) is 17.0 Å². The van der Waals surface area contributed by atoms with Crippen molar-refractivity contribution < 1.29 is 9.66 Å². The molecule has 0 saturated heterocycles. The first kappa shape index (κ1) is 16.4. The van der Waals surface area contributed by atoms with E-state index in [-0.39, 0.29) is 17.4 Å². The summed E-state index contributed by atoms with van der Waals surface area (Å²) >= 11 is 0. The van der Waals surface area contributed by atoms with Gasteiger partial charge in [-0.15, -0.1) is 0 Å². The van der Waals surface area contributed by atoms with Crippen LogP contribution in [0.4, 0.5) is 17.2 Å². The molecule has 2 aromatic heterocycles. The van der Waals surface area contributed by atoms with E-state index in [4.69, 9.17) is 4.74 Å². The molecule has 0 unspecified atom stereocenters. The fourth-order valence-corrected chi connectivity index (χ4v) is 2.61. The van der Waals surface area contributed by atoms with E-state index in [1.807, 2.05) is 30.3 Å². The molecule has 0 aliphatic carbocycles. The lowest BCUT2D eigenvalue weighted by Crippen LogP contribution is -2.03. The Kier molecular flexibility index (Phi) is 4.28. The van der Waals surface area contributed by atoms with Gasteiger partial charge in [-0.1, -0.05) is 36.4 Å². The highest BCUT2D eigenvalue weighted by Gasteiger charge is 2.25. The monoisotopic (exact) mass is 359 g/mol. The van der Waals surface area contributed by atoms with Crippen LogP contribution in [0.5, 0.6) is 11.6 Å². The third-order valence-corrected chi connectivity index (χ3v) is 3.81.